The molecule has 0 saturated carbocycles. The summed E-state index contributed by atoms with van der Waals surface area (Å²) in [6.45, 7) is 2.81. The van der Waals surface area contributed by atoms with Crippen LogP contribution in [0.15, 0.2) is 35.8 Å². The van der Waals surface area contributed by atoms with Gasteiger partial charge in [-0.1, -0.05) is 0 Å². The lowest BCUT2D eigenvalue weighted by Crippen LogP contribution is -2.71. The molecule has 3 atom stereocenters. The Bertz CT molecular complexity index is 958. The van der Waals surface area contributed by atoms with E-state index >= 15 is 0 Å². The number of aliphatic carboxylic acids is 1. The molecular formula is C20H23N3O8S. The van der Waals surface area contributed by atoms with Crippen LogP contribution >= 0.6 is 11.8 Å². The number of β-lactam (4-membered cyclic amide) rings is 1. The number of rotatable bonds is 9. The van der Waals surface area contributed by atoms with Crippen molar-refractivity contribution in [2.45, 2.75) is 37.7 Å². The van der Waals surface area contributed by atoms with Gasteiger partial charge in [-0.25, -0.2) is 4.79 Å². The highest BCUT2D eigenvalue weighted by atomic mass is 32.2. The largest absolute Gasteiger partial charge is 0.477 e. The first-order chi connectivity index (χ1) is 15.2. The maximum absolute atomic E-state index is 13.0. The van der Waals surface area contributed by atoms with Gasteiger partial charge in [0.1, 0.15) is 29.8 Å². The molecule has 1 saturated heterocycles. The number of ether oxygens (including phenoxy) is 2. The zero-order valence-electron chi connectivity index (χ0n) is 17.5. The molecule has 1 fully saturated rings. The predicted octanol–water partition coefficient (Wildman–Crippen LogP) is 0.284. The summed E-state index contributed by atoms with van der Waals surface area (Å²) in [5.74, 6) is -3.36. The number of amides is 2. The Labute approximate surface area is 187 Å². The molecule has 2 aliphatic rings. The minimum atomic E-state index is -1.32. The van der Waals surface area contributed by atoms with Gasteiger partial charge in [0.15, 0.2) is 0 Å². The van der Waals surface area contributed by atoms with Crippen molar-refractivity contribution in [2.24, 2.45) is 0 Å². The molecule has 1 aromatic heterocycles. The highest BCUT2D eigenvalue weighted by Crippen LogP contribution is 2.40. The number of carbonyl (C=O) groups is 5. The molecule has 2 amide bonds. The van der Waals surface area contributed by atoms with Gasteiger partial charge >= 0.3 is 17.9 Å². The molecule has 0 spiro atoms. The number of carbonyl (C=O) groups excluding carboxylic acids is 4. The van der Waals surface area contributed by atoms with E-state index in [9.17, 15) is 29.1 Å². The molecule has 172 valence electrons. The molecule has 12 heteroatoms. The van der Waals surface area contributed by atoms with Crippen molar-refractivity contribution in [1.29, 1.82) is 0 Å². The lowest BCUT2D eigenvalue weighted by Gasteiger charge is -2.49. The summed E-state index contributed by atoms with van der Waals surface area (Å²) in [4.78, 5) is 61.6. The van der Waals surface area contributed by atoms with E-state index in [1.807, 2.05) is 0 Å². The number of aromatic nitrogens is 1. The van der Waals surface area contributed by atoms with Crippen LogP contribution in [0.1, 0.15) is 26.3 Å². The van der Waals surface area contributed by atoms with E-state index in [4.69, 9.17) is 9.47 Å². The highest BCUT2D eigenvalue weighted by molar-refractivity contribution is 8.00. The van der Waals surface area contributed by atoms with Crippen LogP contribution in [0.4, 0.5) is 0 Å². The van der Waals surface area contributed by atoms with Gasteiger partial charge < -0.3 is 24.5 Å². The van der Waals surface area contributed by atoms with E-state index < -0.39 is 47.2 Å². The summed E-state index contributed by atoms with van der Waals surface area (Å²) >= 11 is 1.26. The van der Waals surface area contributed by atoms with Crippen LogP contribution in [0.3, 0.4) is 0 Å². The molecule has 0 bridgehead atoms. The SMILES string of the molecule is CCOC(=O)CC(C(=O)NC1C(=O)N2C(C(=O)O)=C(COC(C)=O)CSC12)n1cccc1. The van der Waals surface area contributed by atoms with Crippen LogP contribution in [0.2, 0.25) is 0 Å². The first kappa shape index (κ1) is 23.4. The zero-order chi connectivity index (χ0) is 23.4. The molecule has 1 aromatic rings. The molecule has 2 aliphatic heterocycles. The smallest absolute Gasteiger partial charge is 0.352 e. The van der Waals surface area contributed by atoms with E-state index in [0.717, 1.165) is 4.90 Å². The van der Waals surface area contributed by atoms with E-state index in [-0.39, 0.29) is 31.1 Å². The first-order valence-electron chi connectivity index (χ1n) is 9.86. The molecule has 11 nitrogen and oxygen atoms in total. The van der Waals surface area contributed by atoms with Crippen molar-refractivity contribution in [3.8, 4) is 0 Å². The fourth-order valence-corrected chi connectivity index (χ4v) is 4.83. The van der Waals surface area contributed by atoms with Crippen molar-refractivity contribution in [3.63, 3.8) is 0 Å². The minimum absolute atomic E-state index is 0.174. The summed E-state index contributed by atoms with van der Waals surface area (Å²) < 4.78 is 11.4. The molecule has 32 heavy (non-hydrogen) atoms. The third-order valence-corrected chi connectivity index (χ3v) is 6.29. The Hall–Kier alpha value is -3.28. The quantitative estimate of drug-likeness (QED) is 0.388. The molecule has 0 aromatic carbocycles. The third-order valence-electron chi connectivity index (χ3n) is 4.95. The molecule has 0 radical (unpaired) electrons. The van der Waals surface area contributed by atoms with Gasteiger partial charge in [0.05, 0.1) is 13.0 Å². The van der Waals surface area contributed by atoms with E-state index in [1.54, 1.807) is 36.0 Å². The monoisotopic (exact) mass is 465 g/mol. The normalized spacial score (nSPS) is 20.7. The van der Waals surface area contributed by atoms with Crippen molar-refractivity contribution in [1.82, 2.24) is 14.8 Å². The number of esters is 2. The number of nitrogens with one attached hydrogen (secondary N) is 1. The fourth-order valence-electron chi connectivity index (χ4n) is 3.50. The number of carboxylic acid groups (broad SMARTS) is 1. The zero-order valence-corrected chi connectivity index (χ0v) is 18.3. The first-order valence-corrected chi connectivity index (χ1v) is 10.9. The summed E-state index contributed by atoms with van der Waals surface area (Å²) in [6.07, 6.45) is 3.03. The minimum Gasteiger partial charge on any atom is -0.477 e. The van der Waals surface area contributed by atoms with E-state index in [1.165, 1.54) is 18.7 Å². The summed E-state index contributed by atoms with van der Waals surface area (Å²) in [7, 11) is 0. The Kier molecular flexibility index (Phi) is 7.23. The number of nitrogens with zero attached hydrogens (tertiary/aromatic N) is 2. The Balaban J connectivity index is 1.74. The molecule has 3 rings (SSSR count). The van der Waals surface area contributed by atoms with Crippen molar-refractivity contribution >= 4 is 41.5 Å². The van der Waals surface area contributed by atoms with E-state index in [2.05, 4.69) is 5.32 Å². The second-order valence-electron chi connectivity index (χ2n) is 7.09. The van der Waals surface area contributed by atoms with Gasteiger partial charge in [-0.2, -0.15) is 0 Å². The number of carboxylic acids is 1. The van der Waals surface area contributed by atoms with Gasteiger partial charge in [-0.15, -0.1) is 11.8 Å². The van der Waals surface area contributed by atoms with Gasteiger partial charge in [0.25, 0.3) is 5.91 Å². The van der Waals surface area contributed by atoms with Crippen LogP contribution in [-0.2, 0) is 33.4 Å². The Morgan fingerprint density at radius 2 is 1.94 bits per heavy atom. The molecular weight excluding hydrogens is 442 g/mol. The number of hydrogen-bond acceptors (Lipinski definition) is 8. The summed E-state index contributed by atoms with van der Waals surface area (Å²) in [5.41, 5.74) is 0.0681. The number of hydrogen-bond donors (Lipinski definition) is 2. The van der Waals surface area contributed by atoms with Gasteiger partial charge in [0, 0.05) is 30.6 Å². The second kappa shape index (κ2) is 9.90. The fraction of sp³-hybridized carbons (Fsp3) is 0.450. The average Bonchev–Trinajstić information content (AvgIpc) is 3.27. The number of thioether (sulfide) groups is 1. The predicted molar refractivity (Wildman–Crippen MR) is 111 cm³/mol. The Morgan fingerprint density at radius 3 is 2.53 bits per heavy atom. The van der Waals surface area contributed by atoms with Crippen LogP contribution < -0.4 is 5.32 Å². The lowest BCUT2D eigenvalue weighted by atomic mass is 10.0. The van der Waals surface area contributed by atoms with Crippen LogP contribution in [0.5, 0.6) is 0 Å². The summed E-state index contributed by atoms with van der Waals surface area (Å²) in [6, 6.07) is 1.53. The molecule has 3 heterocycles. The van der Waals surface area contributed by atoms with Crippen molar-refractivity contribution in [3.05, 3.63) is 35.8 Å². The van der Waals surface area contributed by atoms with Gasteiger partial charge in [0.2, 0.25) is 5.91 Å². The van der Waals surface area contributed by atoms with Gasteiger partial charge in [-0.05, 0) is 19.1 Å². The highest BCUT2D eigenvalue weighted by Gasteiger charge is 2.54. The summed E-state index contributed by atoms with van der Waals surface area (Å²) in [5, 5.41) is 11.6. The van der Waals surface area contributed by atoms with Crippen molar-refractivity contribution < 1.29 is 38.6 Å². The third kappa shape index (κ3) is 4.79. The van der Waals surface area contributed by atoms with Gasteiger partial charge in [-0.3, -0.25) is 24.1 Å². The Morgan fingerprint density at radius 1 is 1.25 bits per heavy atom. The van der Waals surface area contributed by atoms with E-state index in [0.29, 0.717) is 5.57 Å². The standard InChI is InChI=1S/C20H23N3O8S/c1-3-30-14(25)8-13(22-6-4-5-7-22)17(26)21-15-18(27)23-16(20(28)29)12(9-31-11(2)24)10-32-19(15)23/h4-7,13,15,19H,3,8-10H2,1-2H3,(H,21,26)(H,28,29). The lowest BCUT2D eigenvalue weighted by molar-refractivity contribution is -0.152. The molecule has 3 unspecified atom stereocenters. The van der Waals surface area contributed by atoms with Crippen LogP contribution in [0, 0.1) is 0 Å². The van der Waals surface area contributed by atoms with Crippen LogP contribution in [0.25, 0.3) is 0 Å². The van der Waals surface area contributed by atoms with Crippen molar-refractivity contribution in [2.75, 3.05) is 19.0 Å². The molecule has 0 aliphatic carbocycles. The maximum atomic E-state index is 13.0. The second-order valence-corrected chi connectivity index (χ2v) is 8.19. The molecule has 2 N–H and O–H groups in total. The average molecular weight is 465 g/mol. The topological polar surface area (TPSA) is 144 Å². The van der Waals surface area contributed by atoms with Crippen LogP contribution in [-0.4, -0.2) is 74.7 Å². The maximum Gasteiger partial charge on any atom is 0.352 e. The number of fused-ring (bicyclic) bond motifs is 1.